The van der Waals surface area contributed by atoms with Crippen LogP contribution in [-0.2, 0) is 14.4 Å². The molecule has 29 heavy (non-hydrogen) atoms. The van der Waals surface area contributed by atoms with Crippen LogP contribution < -0.4 is 15.4 Å². The van der Waals surface area contributed by atoms with Gasteiger partial charge in [-0.05, 0) is 30.9 Å². The molecule has 0 saturated carbocycles. The average Bonchev–Trinajstić information content (AvgIpc) is 3.00. The molecule has 0 aromatic heterocycles. The molecule has 7 heteroatoms. The first-order valence-corrected chi connectivity index (χ1v) is 10.5. The molecule has 0 spiro atoms. The zero-order valence-electron chi connectivity index (χ0n) is 17.5. The van der Waals surface area contributed by atoms with Gasteiger partial charge >= 0.3 is 0 Å². The maximum atomic E-state index is 12.5. The van der Waals surface area contributed by atoms with E-state index in [1.165, 1.54) is 12.8 Å². The molecule has 2 rings (SSSR count). The van der Waals surface area contributed by atoms with Gasteiger partial charge in [0.1, 0.15) is 11.8 Å². The first-order valence-electron chi connectivity index (χ1n) is 10.5. The number of likely N-dealkylation sites (tertiary alicyclic amines) is 1. The van der Waals surface area contributed by atoms with Crippen LogP contribution in [0.3, 0.4) is 0 Å². The molecule has 7 nitrogen and oxygen atoms in total. The van der Waals surface area contributed by atoms with Crippen molar-refractivity contribution in [2.75, 3.05) is 26.2 Å². The number of carbonyl (C=O) groups excluding carboxylic acids is 3. The standard InChI is InChI=1S/C22H33N3O4/c1-17(2)21(24-19(26)16-29-18-10-6-5-7-11-18)22(28)23-13-12-20(27)25-14-8-3-4-9-15-25/h5-7,10-11,17,21H,3-4,8-9,12-16H2,1-2H3,(H,23,28)(H,24,26). The Morgan fingerprint density at radius 3 is 2.31 bits per heavy atom. The molecule has 0 bridgehead atoms. The predicted octanol–water partition coefficient (Wildman–Crippen LogP) is 2.12. The Labute approximate surface area is 173 Å². The second kappa shape index (κ2) is 12.1. The molecule has 1 aliphatic heterocycles. The summed E-state index contributed by atoms with van der Waals surface area (Å²) in [6.45, 7) is 5.45. The number of nitrogens with one attached hydrogen (secondary N) is 2. The minimum absolute atomic E-state index is 0.0774. The summed E-state index contributed by atoms with van der Waals surface area (Å²) in [5.74, 6) is -0.0501. The summed E-state index contributed by atoms with van der Waals surface area (Å²) in [5.41, 5.74) is 0. The quantitative estimate of drug-likeness (QED) is 0.661. The van der Waals surface area contributed by atoms with Gasteiger partial charge in [0, 0.05) is 26.1 Å². The van der Waals surface area contributed by atoms with Gasteiger partial charge in [-0.15, -0.1) is 0 Å². The van der Waals surface area contributed by atoms with Gasteiger partial charge in [-0.25, -0.2) is 0 Å². The molecule has 1 aromatic rings. The Balaban J connectivity index is 1.74. The summed E-state index contributed by atoms with van der Waals surface area (Å²) in [4.78, 5) is 38.9. The van der Waals surface area contributed by atoms with Crippen LogP contribution >= 0.6 is 0 Å². The lowest BCUT2D eigenvalue weighted by molar-refractivity contribution is -0.132. The van der Waals surface area contributed by atoms with Crippen molar-refractivity contribution in [3.8, 4) is 5.75 Å². The van der Waals surface area contributed by atoms with Crippen molar-refractivity contribution in [2.24, 2.45) is 5.92 Å². The van der Waals surface area contributed by atoms with Crippen molar-refractivity contribution in [1.29, 1.82) is 0 Å². The van der Waals surface area contributed by atoms with E-state index >= 15 is 0 Å². The Morgan fingerprint density at radius 1 is 1.03 bits per heavy atom. The molecule has 2 N–H and O–H groups in total. The molecule has 1 aromatic carbocycles. The van der Waals surface area contributed by atoms with E-state index in [1.54, 1.807) is 12.1 Å². The zero-order chi connectivity index (χ0) is 21.1. The first kappa shape index (κ1) is 22.7. The number of hydrogen-bond acceptors (Lipinski definition) is 4. The lowest BCUT2D eigenvalue weighted by atomic mass is 10.0. The van der Waals surface area contributed by atoms with Crippen LogP contribution in [0, 0.1) is 5.92 Å². The third-order valence-electron chi connectivity index (χ3n) is 4.98. The van der Waals surface area contributed by atoms with Crippen LogP contribution in [0.1, 0.15) is 46.0 Å². The largest absolute Gasteiger partial charge is 0.484 e. The molecule has 1 atom stereocenters. The smallest absolute Gasteiger partial charge is 0.258 e. The number of benzene rings is 1. The second-order valence-corrected chi connectivity index (χ2v) is 7.73. The van der Waals surface area contributed by atoms with Gasteiger partial charge in [0.05, 0.1) is 0 Å². The van der Waals surface area contributed by atoms with Crippen molar-refractivity contribution >= 4 is 17.7 Å². The van der Waals surface area contributed by atoms with E-state index in [-0.39, 0.29) is 43.2 Å². The number of nitrogens with zero attached hydrogens (tertiary/aromatic N) is 1. The van der Waals surface area contributed by atoms with E-state index in [4.69, 9.17) is 4.74 Å². The summed E-state index contributed by atoms with van der Waals surface area (Å²) >= 11 is 0. The van der Waals surface area contributed by atoms with Crippen LogP contribution in [0.25, 0.3) is 0 Å². The molecule has 0 radical (unpaired) electrons. The van der Waals surface area contributed by atoms with E-state index in [0.717, 1.165) is 25.9 Å². The summed E-state index contributed by atoms with van der Waals surface area (Å²) in [7, 11) is 0. The normalized spacial score (nSPS) is 15.3. The topological polar surface area (TPSA) is 87.7 Å². The second-order valence-electron chi connectivity index (χ2n) is 7.73. The van der Waals surface area contributed by atoms with E-state index in [0.29, 0.717) is 5.75 Å². The van der Waals surface area contributed by atoms with Gasteiger partial charge in [0.2, 0.25) is 11.8 Å². The van der Waals surface area contributed by atoms with Crippen LogP contribution in [0.5, 0.6) is 5.75 Å². The summed E-state index contributed by atoms with van der Waals surface area (Å²) in [6, 6.07) is 8.37. The number of amides is 3. The Hall–Kier alpha value is -2.57. The molecule has 1 fully saturated rings. The third-order valence-corrected chi connectivity index (χ3v) is 4.98. The van der Waals surface area contributed by atoms with Crippen LogP contribution in [0.15, 0.2) is 30.3 Å². The van der Waals surface area contributed by atoms with Gasteiger partial charge in [0.15, 0.2) is 6.61 Å². The third kappa shape index (κ3) is 8.13. The van der Waals surface area contributed by atoms with Crippen LogP contribution in [0.2, 0.25) is 0 Å². The fourth-order valence-corrected chi connectivity index (χ4v) is 3.30. The molecule has 160 valence electrons. The Bertz CT molecular complexity index is 655. The number of rotatable bonds is 9. The van der Waals surface area contributed by atoms with E-state index in [2.05, 4.69) is 10.6 Å². The van der Waals surface area contributed by atoms with Crippen LogP contribution in [0.4, 0.5) is 0 Å². The Kier molecular flexibility index (Phi) is 9.47. The highest BCUT2D eigenvalue weighted by atomic mass is 16.5. The number of ether oxygens (including phenoxy) is 1. The monoisotopic (exact) mass is 403 g/mol. The SMILES string of the molecule is CC(C)C(NC(=O)COc1ccccc1)C(=O)NCCC(=O)N1CCCCCC1. The van der Waals surface area contributed by atoms with Gasteiger partial charge < -0.3 is 20.3 Å². The maximum absolute atomic E-state index is 12.5. The molecule has 0 aliphatic carbocycles. The highest BCUT2D eigenvalue weighted by molar-refractivity contribution is 5.88. The van der Waals surface area contributed by atoms with Gasteiger partial charge in [-0.1, -0.05) is 44.9 Å². The minimum Gasteiger partial charge on any atom is -0.484 e. The molecule has 1 aliphatic rings. The molecule has 1 heterocycles. The maximum Gasteiger partial charge on any atom is 0.258 e. The highest BCUT2D eigenvalue weighted by Gasteiger charge is 2.24. The first-order chi connectivity index (χ1) is 14.0. The molecule has 3 amide bonds. The van der Waals surface area contributed by atoms with Crippen molar-refractivity contribution in [3.05, 3.63) is 30.3 Å². The van der Waals surface area contributed by atoms with Gasteiger partial charge in [-0.2, -0.15) is 0 Å². The Morgan fingerprint density at radius 2 is 1.69 bits per heavy atom. The van der Waals surface area contributed by atoms with Crippen molar-refractivity contribution in [1.82, 2.24) is 15.5 Å². The van der Waals surface area contributed by atoms with Gasteiger partial charge in [-0.3, -0.25) is 14.4 Å². The number of carbonyl (C=O) groups is 3. The highest BCUT2D eigenvalue weighted by Crippen LogP contribution is 2.11. The van der Waals surface area contributed by atoms with E-state index < -0.39 is 6.04 Å². The lowest BCUT2D eigenvalue weighted by Gasteiger charge is -2.23. The predicted molar refractivity (Wildman–Crippen MR) is 111 cm³/mol. The van der Waals surface area contributed by atoms with E-state index in [9.17, 15) is 14.4 Å². The molecule has 1 saturated heterocycles. The summed E-state index contributed by atoms with van der Waals surface area (Å²) in [5, 5.41) is 5.51. The lowest BCUT2D eigenvalue weighted by Crippen LogP contribution is -2.51. The fourth-order valence-electron chi connectivity index (χ4n) is 3.30. The minimum atomic E-state index is -0.671. The van der Waals surface area contributed by atoms with Crippen molar-refractivity contribution < 1.29 is 19.1 Å². The van der Waals surface area contributed by atoms with Crippen molar-refractivity contribution in [2.45, 2.75) is 52.0 Å². The summed E-state index contributed by atoms with van der Waals surface area (Å²) < 4.78 is 5.42. The summed E-state index contributed by atoms with van der Waals surface area (Å²) in [6.07, 6.45) is 4.71. The molecular weight excluding hydrogens is 370 g/mol. The number of para-hydroxylation sites is 1. The molecular formula is C22H33N3O4. The van der Waals surface area contributed by atoms with Crippen LogP contribution in [-0.4, -0.2) is 54.9 Å². The average molecular weight is 404 g/mol. The molecule has 1 unspecified atom stereocenters. The van der Waals surface area contributed by atoms with Gasteiger partial charge in [0.25, 0.3) is 5.91 Å². The number of hydrogen-bond donors (Lipinski definition) is 2. The fraction of sp³-hybridized carbons (Fsp3) is 0.591. The van der Waals surface area contributed by atoms with Crippen molar-refractivity contribution in [3.63, 3.8) is 0 Å². The zero-order valence-corrected chi connectivity index (χ0v) is 17.5. The van der Waals surface area contributed by atoms with E-state index in [1.807, 2.05) is 36.9 Å².